The summed E-state index contributed by atoms with van der Waals surface area (Å²) in [6, 6.07) is 9.38. The van der Waals surface area contributed by atoms with Gasteiger partial charge >= 0.3 is 0 Å². The van der Waals surface area contributed by atoms with E-state index >= 15 is 0 Å². The van der Waals surface area contributed by atoms with Crippen molar-refractivity contribution in [3.63, 3.8) is 0 Å². The molecule has 0 bridgehead atoms. The molecule has 1 aromatic heterocycles. The highest BCUT2D eigenvalue weighted by molar-refractivity contribution is 8.01. The van der Waals surface area contributed by atoms with Gasteiger partial charge in [0.15, 0.2) is 14.2 Å². The lowest BCUT2D eigenvalue weighted by atomic mass is 10.3. The summed E-state index contributed by atoms with van der Waals surface area (Å²) in [7, 11) is -3.56. The fourth-order valence-corrected chi connectivity index (χ4v) is 4.46. The number of halogens is 1. The number of nitrogens with one attached hydrogen (secondary N) is 1. The summed E-state index contributed by atoms with van der Waals surface area (Å²) in [5.41, 5.74) is 0.291. The smallest absolute Gasteiger partial charge is 0.284 e. The van der Waals surface area contributed by atoms with E-state index in [-0.39, 0.29) is 21.3 Å². The fraction of sp³-hybridized carbons (Fsp3) is 0.0667. The van der Waals surface area contributed by atoms with Gasteiger partial charge in [-0.15, -0.1) is 10.2 Å². The van der Waals surface area contributed by atoms with Crippen LogP contribution in [0.4, 0.5) is 20.9 Å². The van der Waals surface area contributed by atoms with Crippen LogP contribution < -0.4 is 5.32 Å². The van der Waals surface area contributed by atoms with Crippen LogP contribution >= 0.6 is 23.1 Å². The van der Waals surface area contributed by atoms with Gasteiger partial charge in [0, 0.05) is 18.0 Å². The van der Waals surface area contributed by atoms with E-state index in [1.54, 1.807) is 0 Å². The van der Waals surface area contributed by atoms with Crippen LogP contribution in [0.15, 0.2) is 56.6 Å². The Balaban J connectivity index is 1.82. The van der Waals surface area contributed by atoms with E-state index in [0.717, 1.165) is 35.4 Å². The topological polar surface area (TPSA) is 115 Å². The number of anilines is 2. The maximum Gasteiger partial charge on any atom is 0.284 e. The van der Waals surface area contributed by atoms with Crippen LogP contribution in [0, 0.1) is 15.9 Å². The maximum atomic E-state index is 12.9. The van der Waals surface area contributed by atoms with Crippen molar-refractivity contribution in [2.45, 2.75) is 14.1 Å². The first-order valence-electron chi connectivity index (χ1n) is 7.25. The van der Waals surface area contributed by atoms with E-state index in [0.29, 0.717) is 15.2 Å². The zero-order valence-corrected chi connectivity index (χ0v) is 16.1. The number of nitro benzene ring substituents is 1. The lowest BCUT2D eigenvalue weighted by Gasteiger charge is -2.03. The highest BCUT2D eigenvalue weighted by Crippen LogP contribution is 2.38. The van der Waals surface area contributed by atoms with Crippen molar-refractivity contribution in [1.29, 1.82) is 0 Å². The number of sulfone groups is 1. The monoisotopic (exact) mass is 426 g/mol. The van der Waals surface area contributed by atoms with Crippen LogP contribution in [0.5, 0.6) is 0 Å². The van der Waals surface area contributed by atoms with Crippen LogP contribution in [-0.4, -0.2) is 29.8 Å². The van der Waals surface area contributed by atoms with Crippen LogP contribution in [0.3, 0.4) is 0 Å². The molecule has 0 fully saturated rings. The van der Waals surface area contributed by atoms with Crippen molar-refractivity contribution in [3.05, 3.63) is 58.4 Å². The quantitative estimate of drug-likeness (QED) is 0.466. The van der Waals surface area contributed by atoms with Crippen LogP contribution in [0.1, 0.15) is 0 Å². The molecule has 0 radical (unpaired) electrons. The molecule has 3 rings (SSSR count). The Labute approximate surface area is 161 Å². The zero-order chi connectivity index (χ0) is 19.6. The predicted molar refractivity (Wildman–Crippen MR) is 99.9 cm³/mol. The molecule has 0 aliphatic rings. The Hall–Kier alpha value is -2.57. The minimum atomic E-state index is -3.56. The van der Waals surface area contributed by atoms with Gasteiger partial charge in [0.05, 0.1) is 14.7 Å². The Morgan fingerprint density at radius 3 is 2.52 bits per heavy atom. The number of rotatable bonds is 6. The number of aromatic nitrogens is 2. The first-order chi connectivity index (χ1) is 12.7. The molecule has 12 heteroatoms. The summed E-state index contributed by atoms with van der Waals surface area (Å²) in [6.45, 7) is 0. The highest BCUT2D eigenvalue weighted by atomic mass is 32.2. The maximum absolute atomic E-state index is 12.9. The second-order valence-electron chi connectivity index (χ2n) is 5.27. The number of hydrogen-bond donors (Lipinski definition) is 1. The Morgan fingerprint density at radius 1 is 1.19 bits per heavy atom. The molecule has 3 aromatic rings. The summed E-state index contributed by atoms with van der Waals surface area (Å²) in [5.74, 6) is -0.362. The van der Waals surface area contributed by atoms with Gasteiger partial charge in [-0.25, -0.2) is 12.8 Å². The number of nitro groups is 1. The molecule has 0 saturated heterocycles. The highest BCUT2D eigenvalue weighted by Gasteiger charge is 2.20. The van der Waals surface area contributed by atoms with E-state index < -0.39 is 14.8 Å². The molecule has 0 saturated carbocycles. The van der Waals surface area contributed by atoms with E-state index in [1.807, 2.05) is 0 Å². The van der Waals surface area contributed by atoms with E-state index in [9.17, 15) is 22.9 Å². The lowest BCUT2D eigenvalue weighted by Crippen LogP contribution is -1.99. The normalized spacial score (nSPS) is 11.3. The largest absolute Gasteiger partial charge is 0.330 e. The SMILES string of the molecule is CS(=O)(=O)c1ccc(Sc2nnc(Nc3ccc(F)cc3)s2)c([N+](=O)[O-])c1. The molecule has 0 aliphatic carbocycles. The van der Waals surface area contributed by atoms with Gasteiger partial charge in [-0.1, -0.05) is 11.3 Å². The standard InChI is InChI=1S/C15H11FN4O4S3/c1-27(23,24)11-6-7-13(12(8-11)20(21)22)25-15-19-18-14(26-15)17-10-4-2-9(16)3-5-10/h2-8H,1H3,(H,17,18). The fourth-order valence-electron chi connectivity index (χ4n) is 2.01. The van der Waals surface area contributed by atoms with Gasteiger partial charge in [-0.05, 0) is 48.2 Å². The summed E-state index contributed by atoms with van der Waals surface area (Å²) in [4.78, 5) is 10.8. The second-order valence-corrected chi connectivity index (χ2v) is 9.55. The lowest BCUT2D eigenvalue weighted by molar-refractivity contribution is -0.388. The van der Waals surface area contributed by atoms with E-state index in [4.69, 9.17) is 0 Å². The van der Waals surface area contributed by atoms with Gasteiger partial charge in [-0.3, -0.25) is 10.1 Å². The second kappa shape index (κ2) is 7.58. The Bertz CT molecular complexity index is 1100. The van der Waals surface area contributed by atoms with Crippen LogP contribution in [-0.2, 0) is 9.84 Å². The molecule has 140 valence electrons. The molecular weight excluding hydrogens is 415 g/mol. The molecular formula is C15H11FN4O4S3. The van der Waals surface area contributed by atoms with Gasteiger partial charge in [0.2, 0.25) is 5.13 Å². The van der Waals surface area contributed by atoms with Crippen molar-refractivity contribution in [2.75, 3.05) is 11.6 Å². The molecule has 0 aliphatic heterocycles. The molecule has 0 atom stereocenters. The van der Waals surface area contributed by atoms with Gasteiger partial charge in [0.25, 0.3) is 5.69 Å². The third kappa shape index (κ3) is 4.78. The van der Waals surface area contributed by atoms with Crippen molar-refractivity contribution in [3.8, 4) is 0 Å². The van der Waals surface area contributed by atoms with E-state index in [2.05, 4.69) is 15.5 Å². The minimum Gasteiger partial charge on any atom is -0.330 e. The van der Waals surface area contributed by atoms with Crippen molar-refractivity contribution in [1.82, 2.24) is 10.2 Å². The first-order valence-corrected chi connectivity index (χ1v) is 10.8. The molecule has 8 nitrogen and oxygen atoms in total. The average Bonchev–Trinajstić information content (AvgIpc) is 3.03. The molecule has 1 N–H and O–H groups in total. The Morgan fingerprint density at radius 2 is 1.89 bits per heavy atom. The van der Waals surface area contributed by atoms with Crippen molar-refractivity contribution < 1.29 is 17.7 Å². The van der Waals surface area contributed by atoms with Crippen LogP contribution in [0.2, 0.25) is 0 Å². The van der Waals surface area contributed by atoms with E-state index in [1.165, 1.54) is 36.4 Å². The van der Waals surface area contributed by atoms with Gasteiger partial charge in [-0.2, -0.15) is 0 Å². The molecule has 2 aromatic carbocycles. The summed E-state index contributed by atoms with van der Waals surface area (Å²) in [5, 5.41) is 22.6. The van der Waals surface area contributed by atoms with Crippen molar-refractivity contribution >= 4 is 49.4 Å². The molecule has 27 heavy (non-hydrogen) atoms. The number of nitrogens with zero attached hydrogens (tertiary/aromatic N) is 3. The molecule has 0 amide bonds. The first kappa shape index (κ1) is 19.2. The third-order valence-electron chi connectivity index (χ3n) is 3.25. The molecule has 0 unspecified atom stereocenters. The molecule has 1 heterocycles. The average molecular weight is 426 g/mol. The van der Waals surface area contributed by atoms with Gasteiger partial charge in [0.1, 0.15) is 5.82 Å². The predicted octanol–water partition coefficient (Wildman–Crippen LogP) is 3.88. The zero-order valence-electron chi connectivity index (χ0n) is 13.6. The summed E-state index contributed by atoms with van der Waals surface area (Å²) < 4.78 is 36.5. The number of benzene rings is 2. The summed E-state index contributed by atoms with van der Waals surface area (Å²) >= 11 is 2.16. The van der Waals surface area contributed by atoms with Crippen molar-refractivity contribution in [2.24, 2.45) is 0 Å². The Kier molecular flexibility index (Phi) is 5.39. The summed E-state index contributed by atoms with van der Waals surface area (Å²) in [6.07, 6.45) is 0.983. The third-order valence-corrected chi connectivity index (χ3v) is 6.32. The van der Waals surface area contributed by atoms with Gasteiger partial charge < -0.3 is 5.32 Å². The van der Waals surface area contributed by atoms with Crippen LogP contribution in [0.25, 0.3) is 0 Å². The number of hydrogen-bond acceptors (Lipinski definition) is 9. The molecule has 0 spiro atoms. The minimum absolute atomic E-state index is 0.130.